The zero-order valence-corrected chi connectivity index (χ0v) is 8.55. The zero-order valence-electron chi connectivity index (χ0n) is 7.74. The van der Waals surface area contributed by atoms with E-state index in [-0.39, 0.29) is 24.2 Å². The minimum Gasteiger partial charge on any atom is -0.378 e. The van der Waals surface area contributed by atoms with Gasteiger partial charge < -0.3 is 10.5 Å². The smallest absolute Gasteiger partial charge is 0.151 e. The first-order chi connectivity index (χ1) is 6.14. The van der Waals surface area contributed by atoms with Crippen LogP contribution in [-0.4, -0.2) is 39.2 Å². The molecule has 2 N–H and O–H groups in total. The molecule has 1 aliphatic heterocycles. The second kappa shape index (κ2) is 4.93. The molecular weight excluding hydrogens is 190 g/mol. The Morgan fingerprint density at radius 2 is 2.15 bits per heavy atom. The molecule has 4 nitrogen and oxygen atoms in total. The van der Waals surface area contributed by atoms with Crippen LogP contribution in [0.1, 0.15) is 19.3 Å². The van der Waals surface area contributed by atoms with Crippen LogP contribution in [0.4, 0.5) is 0 Å². The molecule has 0 aromatic rings. The summed E-state index contributed by atoms with van der Waals surface area (Å²) in [6.07, 6.45) is 2.84. The van der Waals surface area contributed by atoms with E-state index in [2.05, 4.69) is 0 Å². The predicted molar refractivity (Wildman–Crippen MR) is 51.3 cm³/mol. The van der Waals surface area contributed by atoms with Crippen LogP contribution >= 0.6 is 0 Å². The maximum absolute atomic E-state index is 11.3. The van der Waals surface area contributed by atoms with Gasteiger partial charge in [-0.25, -0.2) is 8.42 Å². The van der Waals surface area contributed by atoms with Gasteiger partial charge in [0.2, 0.25) is 0 Å². The Morgan fingerprint density at radius 3 is 2.69 bits per heavy atom. The summed E-state index contributed by atoms with van der Waals surface area (Å²) < 4.78 is 27.8. The van der Waals surface area contributed by atoms with Gasteiger partial charge in [0.15, 0.2) is 9.84 Å². The predicted octanol–water partition coefficient (Wildman–Crippen LogP) is -0.0710. The summed E-state index contributed by atoms with van der Waals surface area (Å²) in [7, 11) is -2.92. The molecule has 1 saturated heterocycles. The minimum atomic E-state index is -2.92. The van der Waals surface area contributed by atoms with E-state index in [4.69, 9.17) is 10.5 Å². The SMILES string of the molecule is NCCS(=O)(=O)CCC1CCCO1. The fourth-order valence-electron chi connectivity index (χ4n) is 1.46. The molecule has 0 aliphatic carbocycles. The molecule has 0 spiro atoms. The number of sulfone groups is 1. The Bertz CT molecular complexity index is 232. The Labute approximate surface area is 79.4 Å². The van der Waals surface area contributed by atoms with Crippen LogP contribution in [0.3, 0.4) is 0 Å². The molecule has 5 heteroatoms. The first-order valence-electron chi connectivity index (χ1n) is 4.66. The molecule has 1 rings (SSSR count). The molecule has 0 bridgehead atoms. The lowest BCUT2D eigenvalue weighted by molar-refractivity contribution is 0.109. The van der Waals surface area contributed by atoms with E-state index in [1.807, 2.05) is 0 Å². The van der Waals surface area contributed by atoms with Crippen LogP contribution in [0.2, 0.25) is 0 Å². The number of hydrogen-bond acceptors (Lipinski definition) is 4. The molecule has 1 fully saturated rings. The standard InChI is InChI=1S/C8H17NO3S/c9-4-7-13(10,11)6-3-8-2-1-5-12-8/h8H,1-7,9H2. The zero-order chi connectivity index (χ0) is 9.73. The molecule has 0 amide bonds. The summed E-state index contributed by atoms with van der Waals surface area (Å²) >= 11 is 0. The summed E-state index contributed by atoms with van der Waals surface area (Å²) in [6, 6.07) is 0. The van der Waals surface area contributed by atoms with Crippen LogP contribution in [0.25, 0.3) is 0 Å². The highest BCUT2D eigenvalue weighted by Crippen LogP contribution is 2.15. The van der Waals surface area contributed by atoms with Crippen LogP contribution in [0.15, 0.2) is 0 Å². The lowest BCUT2D eigenvalue weighted by atomic mass is 10.2. The van der Waals surface area contributed by atoms with Gasteiger partial charge in [-0.2, -0.15) is 0 Å². The van der Waals surface area contributed by atoms with E-state index >= 15 is 0 Å². The van der Waals surface area contributed by atoms with Gasteiger partial charge in [0.1, 0.15) is 0 Å². The highest BCUT2D eigenvalue weighted by molar-refractivity contribution is 7.91. The topological polar surface area (TPSA) is 69.4 Å². The van der Waals surface area contributed by atoms with Crippen molar-refractivity contribution in [2.75, 3.05) is 24.7 Å². The molecular formula is C8H17NO3S. The molecule has 1 unspecified atom stereocenters. The van der Waals surface area contributed by atoms with E-state index in [0.717, 1.165) is 19.4 Å². The first kappa shape index (κ1) is 10.9. The normalized spacial score (nSPS) is 23.6. The van der Waals surface area contributed by atoms with Gasteiger partial charge in [0, 0.05) is 13.2 Å². The highest BCUT2D eigenvalue weighted by atomic mass is 32.2. The number of rotatable bonds is 5. The average Bonchev–Trinajstić information content (AvgIpc) is 2.52. The van der Waals surface area contributed by atoms with Crippen molar-refractivity contribution in [1.82, 2.24) is 0 Å². The van der Waals surface area contributed by atoms with E-state index in [0.29, 0.717) is 6.42 Å². The molecule has 13 heavy (non-hydrogen) atoms. The first-order valence-corrected chi connectivity index (χ1v) is 6.48. The van der Waals surface area contributed by atoms with Gasteiger partial charge in [-0.15, -0.1) is 0 Å². The van der Waals surface area contributed by atoms with E-state index in [9.17, 15) is 8.42 Å². The summed E-state index contributed by atoms with van der Waals surface area (Å²) in [4.78, 5) is 0. The molecule has 78 valence electrons. The van der Waals surface area contributed by atoms with Gasteiger partial charge in [-0.1, -0.05) is 0 Å². The van der Waals surface area contributed by atoms with Crippen molar-refractivity contribution in [2.24, 2.45) is 5.73 Å². The molecule has 0 aromatic carbocycles. The van der Waals surface area contributed by atoms with Gasteiger partial charge in [0.05, 0.1) is 17.6 Å². The molecule has 0 aromatic heterocycles. The van der Waals surface area contributed by atoms with Gasteiger partial charge in [-0.05, 0) is 19.3 Å². The van der Waals surface area contributed by atoms with Crippen molar-refractivity contribution in [3.8, 4) is 0 Å². The molecule has 1 aliphatic rings. The molecule has 0 saturated carbocycles. The van der Waals surface area contributed by atoms with Crippen molar-refractivity contribution in [3.63, 3.8) is 0 Å². The van der Waals surface area contributed by atoms with Crippen LogP contribution in [0, 0.1) is 0 Å². The molecule has 1 heterocycles. The van der Waals surface area contributed by atoms with Gasteiger partial charge >= 0.3 is 0 Å². The number of nitrogens with two attached hydrogens (primary N) is 1. The maximum Gasteiger partial charge on any atom is 0.151 e. The fraction of sp³-hybridized carbons (Fsp3) is 1.00. The fourth-order valence-corrected chi connectivity index (χ4v) is 2.65. The third-order valence-electron chi connectivity index (χ3n) is 2.20. The van der Waals surface area contributed by atoms with E-state index in [1.54, 1.807) is 0 Å². The second-order valence-corrected chi connectivity index (χ2v) is 5.67. The Morgan fingerprint density at radius 1 is 1.38 bits per heavy atom. The minimum absolute atomic E-state index is 0.0969. The quantitative estimate of drug-likeness (QED) is 0.685. The maximum atomic E-state index is 11.3. The number of ether oxygens (including phenoxy) is 1. The lowest BCUT2D eigenvalue weighted by Gasteiger charge is -2.08. The second-order valence-electron chi connectivity index (χ2n) is 3.36. The highest BCUT2D eigenvalue weighted by Gasteiger charge is 2.18. The number of hydrogen-bond donors (Lipinski definition) is 1. The largest absolute Gasteiger partial charge is 0.378 e. The Balaban J connectivity index is 2.24. The van der Waals surface area contributed by atoms with Crippen molar-refractivity contribution in [2.45, 2.75) is 25.4 Å². The summed E-state index contributed by atoms with van der Waals surface area (Å²) in [5, 5.41) is 0. The summed E-state index contributed by atoms with van der Waals surface area (Å²) in [6.45, 7) is 0.995. The van der Waals surface area contributed by atoms with Gasteiger partial charge in [0.25, 0.3) is 0 Å². The van der Waals surface area contributed by atoms with Crippen LogP contribution in [0.5, 0.6) is 0 Å². The monoisotopic (exact) mass is 207 g/mol. The lowest BCUT2D eigenvalue weighted by Crippen LogP contribution is -2.21. The van der Waals surface area contributed by atoms with Crippen molar-refractivity contribution in [3.05, 3.63) is 0 Å². The Kier molecular flexibility index (Phi) is 4.15. The van der Waals surface area contributed by atoms with Crippen molar-refractivity contribution >= 4 is 9.84 Å². The average molecular weight is 207 g/mol. The van der Waals surface area contributed by atoms with Crippen LogP contribution in [-0.2, 0) is 14.6 Å². The summed E-state index contributed by atoms with van der Waals surface area (Å²) in [5.41, 5.74) is 5.19. The van der Waals surface area contributed by atoms with Crippen LogP contribution < -0.4 is 5.73 Å². The molecule has 1 atom stereocenters. The third-order valence-corrected chi connectivity index (χ3v) is 3.92. The van der Waals surface area contributed by atoms with Crippen molar-refractivity contribution in [1.29, 1.82) is 0 Å². The third kappa shape index (κ3) is 4.06. The summed E-state index contributed by atoms with van der Waals surface area (Å²) in [5.74, 6) is 0.314. The van der Waals surface area contributed by atoms with Crippen molar-refractivity contribution < 1.29 is 13.2 Å². The van der Waals surface area contributed by atoms with E-state index < -0.39 is 9.84 Å². The Hall–Kier alpha value is -0.130. The van der Waals surface area contributed by atoms with Gasteiger partial charge in [-0.3, -0.25) is 0 Å². The molecule has 0 radical (unpaired) electrons. The van der Waals surface area contributed by atoms with E-state index in [1.165, 1.54) is 0 Å².